The van der Waals surface area contributed by atoms with E-state index in [1.54, 1.807) is 11.1 Å². The molecule has 2 amide bonds. The Hall–Kier alpha value is -3.85. The molecule has 0 atom stereocenters. The van der Waals surface area contributed by atoms with Crippen molar-refractivity contribution >= 4 is 60.7 Å². The number of carbonyl (C=O) groups excluding carboxylic acids is 2. The van der Waals surface area contributed by atoms with Crippen LogP contribution in [0.15, 0.2) is 54.7 Å². The zero-order valence-corrected chi connectivity index (χ0v) is 21.4. The highest BCUT2D eigenvalue weighted by Gasteiger charge is 2.26. The lowest BCUT2D eigenvalue weighted by molar-refractivity contribution is 0.0240. The fourth-order valence-electron chi connectivity index (χ4n) is 4.28. The number of aromatic nitrogens is 1. The molecule has 8 nitrogen and oxygen atoms in total. The van der Waals surface area contributed by atoms with Crippen LogP contribution in [0.4, 0.5) is 21.2 Å². The van der Waals surface area contributed by atoms with Crippen molar-refractivity contribution in [2.75, 3.05) is 42.1 Å². The summed E-state index contributed by atoms with van der Waals surface area (Å²) in [7, 11) is 0. The van der Waals surface area contributed by atoms with E-state index in [2.05, 4.69) is 15.2 Å². The maximum Gasteiger partial charge on any atom is 0.410 e. The molecule has 36 heavy (non-hydrogen) atoms. The minimum atomic E-state index is -0.502. The molecule has 5 rings (SSSR count). The molecule has 2 aromatic heterocycles. The molecule has 2 aromatic carbocycles. The van der Waals surface area contributed by atoms with E-state index in [0.29, 0.717) is 42.4 Å². The predicted octanol–water partition coefficient (Wildman–Crippen LogP) is 5.34. The minimum Gasteiger partial charge on any atom is -0.444 e. The molecule has 0 aliphatic carbocycles. The quantitative estimate of drug-likeness (QED) is 0.391. The third-order valence-electron chi connectivity index (χ3n) is 6.09. The number of amides is 2. The topological polar surface area (TPSA) is 101 Å². The van der Waals surface area contributed by atoms with Crippen molar-refractivity contribution in [1.82, 2.24) is 9.88 Å². The molecule has 0 radical (unpaired) electrons. The number of nitrogen functional groups attached to an aromatic ring is 1. The van der Waals surface area contributed by atoms with Gasteiger partial charge in [-0.2, -0.15) is 0 Å². The van der Waals surface area contributed by atoms with Crippen LogP contribution >= 0.6 is 11.3 Å². The lowest BCUT2D eigenvalue weighted by Crippen LogP contribution is -2.50. The van der Waals surface area contributed by atoms with E-state index in [0.717, 1.165) is 26.7 Å². The number of piperazine rings is 1. The molecule has 4 aromatic rings. The van der Waals surface area contributed by atoms with E-state index in [9.17, 15) is 9.59 Å². The summed E-state index contributed by atoms with van der Waals surface area (Å²) in [5, 5.41) is 5.34. The first kappa shape index (κ1) is 23.9. The number of carbonyl (C=O) groups is 2. The predicted molar refractivity (Wildman–Crippen MR) is 146 cm³/mol. The number of rotatable bonds is 3. The fraction of sp³-hybridized carbons (Fsp3) is 0.296. The SMILES string of the molecule is CC(C)(C)OC(=O)N1CCN(c2ccc3cc(C(=O)Nc4c(N)sc5ccccc45)cnc3c2)CC1. The van der Waals surface area contributed by atoms with Crippen molar-refractivity contribution in [3.8, 4) is 0 Å². The highest BCUT2D eigenvalue weighted by molar-refractivity contribution is 7.23. The first-order chi connectivity index (χ1) is 17.2. The lowest BCUT2D eigenvalue weighted by Gasteiger charge is -2.36. The van der Waals surface area contributed by atoms with E-state index in [4.69, 9.17) is 10.5 Å². The van der Waals surface area contributed by atoms with Crippen molar-refractivity contribution in [3.63, 3.8) is 0 Å². The fourth-order valence-corrected chi connectivity index (χ4v) is 5.21. The van der Waals surface area contributed by atoms with Gasteiger partial charge in [-0.3, -0.25) is 9.78 Å². The molecular weight excluding hydrogens is 474 g/mol. The Kier molecular flexibility index (Phi) is 6.17. The van der Waals surface area contributed by atoms with Crippen LogP contribution in [0, 0.1) is 0 Å². The standard InChI is InChI=1S/C27H29N5O3S/c1-27(2,3)35-26(34)32-12-10-31(11-13-32)19-9-8-17-14-18(16-29-21(17)15-19)25(33)30-23-20-6-4-5-7-22(20)36-24(23)28/h4-9,14-16H,10-13,28H2,1-3H3,(H,30,33). The smallest absolute Gasteiger partial charge is 0.410 e. The summed E-state index contributed by atoms with van der Waals surface area (Å²) >= 11 is 1.45. The van der Waals surface area contributed by atoms with Crippen LogP contribution < -0.4 is 16.0 Å². The van der Waals surface area contributed by atoms with Gasteiger partial charge < -0.3 is 25.6 Å². The summed E-state index contributed by atoms with van der Waals surface area (Å²) in [6, 6.07) is 15.7. The summed E-state index contributed by atoms with van der Waals surface area (Å²) in [6.45, 7) is 8.23. The van der Waals surface area contributed by atoms with Gasteiger partial charge in [0, 0.05) is 53.5 Å². The molecule has 3 N–H and O–H groups in total. The Morgan fingerprint density at radius 1 is 1.06 bits per heavy atom. The molecule has 1 fully saturated rings. The summed E-state index contributed by atoms with van der Waals surface area (Å²) < 4.78 is 6.52. The summed E-state index contributed by atoms with van der Waals surface area (Å²) in [5.41, 5.74) is 8.61. The lowest BCUT2D eigenvalue weighted by atomic mass is 10.1. The van der Waals surface area contributed by atoms with Gasteiger partial charge in [0.25, 0.3) is 5.91 Å². The van der Waals surface area contributed by atoms with E-state index >= 15 is 0 Å². The van der Waals surface area contributed by atoms with Crippen molar-refractivity contribution in [2.45, 2.75) is 26.4 Å². The Morgan fingerprint density at radius 2 is 1.81 bits per heavy atom. The first-order valence-electron chi connectivity index (χ1n) is 11.9. The van der Waals surface area contributed by atoms with Crippen LogP contribution in [-0.4, -0.2) is 53.7 Å². The molecule has 1 aliphatic rings. The monoisotopic (exact) mass is 503 g/mol. The molecule has 3 heterocycles. The third kappa shape index (κ3) is 4.92. The third-order valence-corrected chi connectivity index (χ3v) is 7.09. The van der Waals surface area contributed by atoms with Crippen molar-refractivity contribution < 1.29 is 14.3 Å². The largest absolute Gasteiger partial charge is 0.444 e. The highest BCUT2D eigenvalue weighted by Crippen LogP contribution is 2.38. The van der Waals surface area contributed by atoms with Crippen molar-refractivity contribution in [2.24, 2.45) is 0 Å². The number of nitrogens with one attached hydrogen (secondary N) is 1. The van der Waals surface area contributed by atoms with Crippen molar-refractivity contribution in [1.29, 1.82) is 0 Å². The van der Waals surface area contributed by atoms with Gasteiger partial charge in [0.2, 0.25) is 0 Å². The van der Waals surface area contributed by atoms with Gasteiger partial charge in [0.15, 0.2) is 0 Å². The number of hydrogen-bond acceptors (Lipinski definition) is 7. The normalized spacial score (nSPS) is 14.3. The van der Waals surface area contributed by atoms with Gasteiger partial charge >= 0.3 is 6.09 Å². The second-order valence-electron chi connectivity index (χ2n) is 9.85. The molecule has 0 saturated carbocycles. The first-order valence-corrected chi connectivity index (χ1v) is 12.7. The minimum absolute atomic E-state index is 0.248. The molecule has 1 saturated heterocycles. The van der Waals surface area contributed by atoms with Crippen LogP contribution in [0.2, 0.25) is 0 Å². The molecule has 0 bridgehead atoms. The molecule has 0 spiro atoms. The number of nitrogens with two attached hydrogens (primary N) is 1. The Labute approximate surface area is 213 Å². The van der Waals surface area contributed by atoms with Crippen LogP contribution in [0.25, 0.3) is 21.0 Å². The number of anilines is 3. The summed E-state index contributed by atoms with van der Waals surface area (Å²) in [6.07, 6.45) is 1.32. The zero-order chi connectivity index (χ0) is 25.4. The molecule has 9 heteroatoms. The Balaban J connectivity index is 1.28. The van der Waals surface area contributed by atoms with Crippen LogP contribution in [0.1, 0.15) is 31.1 Å². The number of thiophene rings is 1. The maximum atomic E-state index is 13.0. The van der Waals surface area contributed by atoms with Gasteiger partial charge in [0.05, 0.1) is 16.8 Å². The van der Waals surface area contributed by atoms with Gasteiger partial charge in [-0.05, 0) is 45.0 Å². The van der Waals surface area contributed by atoms with Gasteiger partial charge in [-0.15, -0.1) is 11.3 Å². The number of fused-ring (bicyclic) bond motifs is 2. The Morgan fingerprint density at radius 3 is 2.56 bits per heavy atom. The average Bonchev–Trinajstić information content (AvgIpc) is 3.17. The summed E-state index contributed by atoms with van der Waals surface area (Å²) in [5.74, 6) is -0.248. The van der Waals surface area contributed by atoms with Crippen LogP contribution in [-0.2, 0) is 4.74 Å². The second-order valence-corrected chi connectivity index (χ2v) is 10.9. The number of nitrogens with zero attached hydrogens (tertiary/aromatic N) is 3. The Bertz CT molecular complexity index is 1450. The van der Waals surface area contributed by atoms with E-state index in [1.165, 1.54) is 11.3 Å². The van der Waals surface area contributed by atoms with Crippen LogP contribution in [0.3, 0.4) is 0 Å². The molecular formula is C27H29N5O3S. The maximum absolute atomic E-state index is 13.0. The zero-order valence-electron chi connectivity index (χ0n) is 20.6. The van der Waals surface area contributed by atoms with E-state index in [-0.39, 0.29) is 12.0 Å². The average molecular weight is 504 g/mol. The van der Waals surface area contributed by atoms with E-state index < -0.39 is 5.60 Å². The van der Waals surface area contributed by atoms with Crippen LogP contribution in [0.5, 0.6) is 0 Å². The van der Waals surface area contributed by atoms with E-state index in [1.807, 2.05) is 69.3 Å². The summed E-state index contributed by atoms with van der Waals surface area (Å²) in [4.78, 5) is 33.9. The highest BCUT2D eigenvalue weighted by atomic mass is 32.1. The van der Waals surface area contributed by atoms with Gasteiger partial charge in [0.1, 0.15) is 10.6 Å². The molecule has 0 unspecified atom stereocenters. The number of ether oxygens (including phenoxy) is 1. The number of benzene rings is 2. The second kappa shape index (κ2) is 9.31. The number of hydrogen-bond donors (Lipinski definition) is 2. The number of pyridine rings is 1. The van der Waals surface area contributed by atoms with Gasteiger partial charge in [-0.25, -0.2) is 4.79 Å². The van der Waals surface area contributed by atoms with Gasteiger partial charge in [-0.1, -0.05) is 24.3 Å². The molecule has 186 valence electrons. The molecule has 1 aliphatic heterocycles. The van der Waals surface area contributed by atoms with Crippen molar-refractivity contribution in [3.05, 3.63) is 60.3 Å².